The zero-order chi connectivity index (χ0) is 26.4. The number of aryl methyl sites for hydroxylation is 2. The molecule has 1 aromatic heterocycles. The summed E-state index contributed by atoms with van der Waals surface area (Å²) in [6, 6.07) is 8.04. The molecule has 2 aromatic carbocycles. The average molecular weight is 494 g/mol. The van der Waals surface area contributed by atoms with Gasteiger partial charge < -0.3 is 19.7 Å². The van der Waals surface area contributed by atoms with E-state index in [-0.39, 0.29) is 11.5 Å². The quantitative estimate of drug-likeness (QED) is 0.425. The summed E-state index contributed by atoms with van der Waals surface area (Å²) in [6.07, 6.45) is 0.103. The number of ether oxygens (including phenoxy) is 2. The van der Waals surface area contributed by atoms with Crippen LogP contribution in [-0.4, -0.2) is 33.4 Å². The third-order valence-corrected chi connectivity index (χ3v) is 6.43. The maximum atomic E-state index is 15.4. The molecule has 1 atom stereocenters. The van der Waals surface area contributed by atoms with Crippen molar-refractivity contribution in [2.45, 2.75) is 66.1 Å². The molecule has 0 spiro atoms. The van der Waals surface area contributed by atoms with Gasteiger partial charge in [0, 0.05) is 28.1 Å². The Morgan fingerprint density at radius 1 is 1.11 bits per heavy atom. The molecule has 2 heterocycles. The van der Waals surface area contributed by atoms with Crippen LogP contribution in [0, 0.1) is 26.6 Å². The van der Waals surface area contributed by atoms with Crippen LogP contribution in [0.15, 0.2) is 30.3 Å². The lowest BCUT2D eigenvalue weighted by Gasteiger charge is -2.30. The second-order valence-electron chi connectivity index (χ2n) is 10.2. The largest absolute Gasteiger partial charge is 0.508 e. The van der Waals surface area contributed by atoms with E-state index in [1.807, 2.05) is 13.8 Å². The number of rotatable bonds is 5. The summed E-state index contributed by atoms with van der Waals surface area (Å²) in [5.41, 5.74) is 4.92. The third-order valence-electron chi connectivity index (χ3n) is 6.43. The molecule has 36 heavy (non-hydrogen) atoms. The van der Waals surface area contributed by atoms with E-state index in [9.17, 15) is 15.0 Å². The highest BCUT2D eigenvalue weighted by Crippen LogP contribution is 2.46. The maximum Gasteiger partial charge on any atom is 0.337 e. The number of aromatic nitrogens is 1. The molecule has 4 rings (SSSR count). The molecule has 0 bridgehead atoms. The lowest BCUT2D eigenvalue weighted by molar-refractivity contribution is -0.160. The Hall–Kier alpha value is -3.45. The van der Waals surface area contributed by atoms with Crippen LogP contribution in [0.1, 0.15) is 61.4 Å². The van der Waals surface area contributed by atoms with Gasteiger partial charge in [0.2, 0.25) is 0 Å². The lowest BCUT2D eigenvalue weighted by atomic mass is 9.83. The first-order valence-electron chi connectivity index (χ1n) is 12.0. The van der Waals surface area contributed by atoms with Gasteiger partial charge in [-0.15, -0.1) is 0 Å². The Balaban J connectivity index is 2.15. The topological polar surface area (TPSA) is 88.9 Å². The van der Waals surface area contributed by atoms with Crippen LogP contribution in [0.3, 0.4) is 0 Å². The molecule has 2 N–H and O–H groups in total. The number of aliphatic carboxylic acids is 1. The number of nitrogens with zero attached hydrogens (tertiary/aromatic N) is 1. The first-order valence-corrected chi connectivity index (χ1v) is 12.0. The second-order valence-corrected chi connectivity index (χ2v) is 10.2. The Morgan fingerprint density at radius 2 is 1.78 bits per heavy atom. The van der Waals surface area contributed by atoms with Crippen molar-refractivity contribution in [2.75, 3.05) is 6.61 Å². The van der Waals surface area contributed by atoms with E-state index in [1.165, 1.54) is 6.07 Å². The van der Waals surface area contributed by atoms with Crippen molar-refractivity contribution in [3.63, 3.8) is 0 Å². The number of fused-ring (bicyclic) bond motifs is 1. The van der Waals surface area contributed by atoms with Crippen LogP contribution in [0.25, 0.3) is 22.3 Å². The minimum absolute atomic E-state index is 0.103. The van der Waals surface area contributed by atoms with Crippen molar-refractivity contribution in [1.82, 2.24) is 4.98 Å². The third kappa shape index (κ3) is 4.80. The number of carbonyl (C=O) groups is 1. The fourth-order valence-electron chi connectivity index (χ4n) is 4.95. The van der Waals surface area contributed by atoms with Crippen molar-refractivity contribution >= 4 is 5.97 Å². The Labute approximate surface area is 210 Å². The van der Waals surface area contributed by atoms with Crippen molar-refractivity contribution in [2.24, 2.45) is 0 Å². The van der Waals surface area contributed by atoms with Crippen molar-refractivity contribution in [3.8, 4) is 33.8 Å². The number of aromatic hydroxyl groups is 1. The minimum Gasteiger partial charge on any atom is -0.508 e. The van der Waals surface area contributed by atoms with Crippen LogP contribution in [-0.2, 0) is 16.0 Å². The van der Waals surface area contributed by atoms with Crippen molar-refractivity contribution in [1.29, 1.82) is 0 Å². The summed E-state index contributed by atoms with van der Waals surface area (Å²) in [6.45, 7) is 11.3. The lowest BCUT2D eigenvalue weighted by Crippen LogP contribution is -2.28. The molecule has 1 aliphatic rings. The molecule has 0 saturated heterocycles. The van der Waals surface area contributed by atoms with E-state index in [1.54, 1.807) is 52.0 Å². The van der Waals surface area contributed by atoms with Gasteiger partial charge in [-0.1, -0.05) is 12.1 Å². The molecule has 1 aliphatic heterocycles. The van der Waals surface area contributed by atoms with Gasteiger partial charge in [-0.25, -0.2) is 9.18 Å². The van der Waals surface area contributed by atoms with Crippen LogP contribution in [0.4, 0.5) is 4.39 Å². The van der Waals surface area contributed by atoms with E-state index in [4.69, 9.17) is 14.5 Å². The van der Waals surface area contributed by atoms with Gasteiger partial charge in [0.05, 0.1) is 12.2 Å². The number of hydrogen-bond donors (Lipinski definition) is 2. The molecule has 190 valence electrons. The zero-order valence-corrected chi connectivity index (χ0v) is 21.5. The number of halogens is 1. The number of phenols is 1. The molecular weight excluding hydrogens is 461 g/mol. The fourth-order valence-corrected chi connectivity index (χ4v) is 4.95. The molecule has 0 fully saturated rings. The Kier molecular flexibility index (Phi) is 6.80. The summed E-state index contributed by atoms with van der Waals surface area (Å²) < 4.78 is 27.1. The van der Waals surface area contributed by atoms with Gasteiger partial charge in [0.1, 0.15) is 5.75 Å². The van der Waals surface area contributed by atoms with Crippen LogP contribution >= 0.6 is 0 Å². The SMILES string of the molecule is Cc1nc(C)c(C(OC(C)(C)C)C(=O)O)c(-c2cc(F)c3c(c2C)CCCO3)c1-c1ccc(O)cc1. The van der Waals surface area contributed by atoms with E-state index >= 15 is 4.39 Å². The molecule has 0 amide bonds. The van der Waals surface area contributed by atoms with Gasteiger partial charge in [-0.05, 0) is 94.8 Å². The van der Waals surface area contributed by atoms with E-state index in [0.29, 0.717) is 46.7 Å². The molecule has 0 radical (unpaired) electrons. The normalized spacial score (nSPS) is 14.2. The minimum atomic E-state index is -1.33. The number of hydrogen-bond acceptors (Lipinski definition) is 5. The number of carboxylic acids is 1. The summed E-state index contributed by atoms with van der Waals surface area (Å²) in [5.74, 6) is -1.27. The van der Waals surface area contributed by atoms with Gasteiger partial charge in [0.25, 0.3) is 0 Å². The van der Waals surface area contributed by atoms with E-state index in [2.05, 4.69) is 0 Å². The monoisotopic (exact) mass is 493 g/mol. The van der Waals surface area contributed by atoms with E-state index < -0.39 is 23.5 Å². The van der Waals surface area contributed by atoms with Gasteiger partial charge in [0.15, 0.2) is 17.7 Å². The number of carboxylic acid groups (broad SMARTS) is 1. The summed E-state index contributed by atoms with van der Waals surface area (Å²) in [5, 5.41) is 20.2. The van der Waals surface area contributed by atoms with Gasteiger partial charge in [-0.3, -0.25) is 4.98 Å². The first kappa shape index (κ1) is 25.6. The highest BCUT2D eigenvalue weighted by molar-refractivity contribution is 5.92. The highest BCUT2D eigenvalue weighted by Gasteiger charge is 2.34. The zero-order valence-electron chi connectivity index (χ0n) is 21.5. The summed E-state index contributed by atoms with van der Waals surface area (Å²) in [4.78, 5) is 17.3. The molecule has 1 unspecified atom stereocenters. The number of benzene rings is 2. The highest BCUT2D eigenvalue weighted by atomic mass is 19.1. The fraction of sp³-hybridized carbons (Fsp3) is 0.379. The predicted molar refractivity (Wildman–Crippen MR) is 136 cm³/mol. The molecule has 3 aromatic rings. The smallest absolute Gasteiger partial charge is 0.337 e. The molecule has 6 nitrogen and oxygen atoms in total. The standard InChI is InChI=1S/C29H32FNO5/c1-15-20-8-7-13-35-26(20)22(30)14-21(15)25-23(18-9-11-19(32)12-10-18)16(2)31-17(3)24(25)27(28(33)34)36-29(4,5)6/h9-12,14,27,32H,7-8,13H2,1-6H3,(H,33,34). The molecular formula is C29H32FNO5. The van der Waals surface area contributed by atoms with E-state index in [0.717, 1.165) is 23.1 Å². The van der Waals surface area contributed by atoms with Crippen LogP contribution in [0.5, 0.6) is 11.5 Å². The predicted octanol–water partition coefficient (Wildman–Crippen LogP) is 6.45. The molecule has 7 heteroatoms. The molecule has 0 aliphatic carbocycles. The summed E-state index contributed by atoms with van der Waals surface area (Å²) >= 11 is 0. The van der Waals surface area contributed by atoms with Gasteiger partial charge in [-0.2, -0.15) is 0 Å². The maximum absolute atomic E-state index is 15.4. The Morgan fingerprint density at radius 3 is 2.39 bits per heavy atom. The number of phenolic OH excluding ortho intramolecular Hbond substituents is 1. The second kappa shape index (κ2) is 9.54. The van der Waals surface area contributed by atoms with Crippen molar-refractivity contribution in [3.05, 3.63) is 64.2 Å². The summed E-state index contributed by atoms with van der Waals surface area (Å²) in [7, 11) is 0. The van der Waals surface area contributed by atoms with Crippen LogP contribution < -0.4 is 4.74 Å². The van der Waals surface area contributed by atoms with Gasteiger partial charge >= 0.3 is 5.97 Å². The van der Waals surface area contributed by atoms with Crippen molar-refractivity contribution < 1.29 is 28.9 Å². The molecule has 0 saturated carbocycles. The van der Waals surface area contributed by atoms with Crippen LogP contribution in [0.2, 0.25) is 0 Å². The average Bonchev–Trinajstić information content (AvgIpc) is 2.80. The first-order chi connectivity index (χ1) is 16.9. The number of pyridine rings is 1. The Bertz CT molecular complexity index is 1330.